The van der Waals surface area contributed by atoms with Crippen molar-refractivity contribution in [1.82, 2.24) is 5.32 Å². The Bertz CT molecular complexity index is 1280. The zero-order valence-electron chi connectivity index (χ0n) is 18.3. The molecule has 1 amide bonds. The van der Waals surface area contributed by atoms with E-state index in [2.05, 4.69) is 5.32 Å². The van der Waals surface area contributed by atoms with Gasteiger partial charge in [0.05, 0.1) is 10.5 Å². The van der Waals surface area contributed by atoms with Gasteiger partial charge in [0, 0.05) is 28.5 Å². The molecule has 0 radical (unpaired) electrons. The standard InChI is InChI=1S/C24H24FNO5S2/c1-24(2,3)20(26-23(28)29)13-16-12-19(18-11-7-8-15(14-27)21(18)25)22(32-16)33(30,31)17-9-5-4-6-10-17/h4-12,14,20,26H,13H2,1-3H3,(H,28,29). The summed E-state index contributed by atoms with van der Waals surface area (Å²) in [7, 11) is -4.00. The number of carboxylic acid groups (broad SMARTS) is 1. The van der Waals surface area contributed by atoms with Gasteiger partial charge in [-0.1, -0.05) is 51.1 Å². The Kier molecular flexibility index (Phi) is 7.04. The van der Waals surface area contributed by atoms with Gasteiger partial charge in [0.15, 0.2) is 6.29 Å². The number of benzene rings is 2. The zero-order chi connectivity index (χ0) is 24.4. The molecule has 1 unspecified atom stereocenters. The molecular weight excluding hydrogens is 465 g/mol. The zero-order valence-corrected chi connectivity index (χ0v) is 20.0. The highest BCUT2D eigenvalue weighted by molar-refractivity contribution is 7.93. The predicted molar refractivity (Wildman–Crippen MR) is 125 cm³/mol. The number of hydrogen-bond donors (Lipinski definition) is 2. The van der Waals surface area contributed by atoms with Gasteiger partial charge in [0.1, 0.15) is 10.0 Å². The lowest BCUT2D eigenvalue weighted by Gasteiger charge is -2.30. The summed E-state index contributed by atoms with van der Waals surface area (Å²) >= 11 is 0.974. The van der Waals surface area contributed by atoms with Crippen LogP contribution in [0.2, 0.25) is 0 Å². The van der Waals surface area contributed by atoms with Crippen LogP contribution in [0.1, 0.15) is 36.0 Å². The first kappa shape index (κ1) is 24.6. The molecule has 9 heteroatoms. The van der Waals surface area contributed by atoms with Crippen molar-refractivity contribution < 1.29 is 27.5 Å². The topological polar surface area (TPSA) is 101 Å². The first-order valence-corrected chi connectivity index (χ1v) is 12.4. The third-order valence-corrected chi connectivity index (χ3v) is 8.70. The highest BCUT2D eigenvalue weighted by atomic mass is 32.2. The number of hydrogen-bond acceptors (Lipinski definition) is 5. The van der Waals surface area contributed by atoms with E-state index in [1.54, 1.807) is 24.3 Å². The van der Waals surface area contributed by atoms with Gasteiger partial charge >= 0.3 is 6.09 Å². The van der Waals surface area contributed by atoms with E-state index in [-0.39, 0.29) is 32.2 Å². The fourth-order valence-electron chi connectivity index (χ4n) is 3.39. The summed E-state index contributed by atoms with van der Waals surface area (Å²) in [6, 6.07) is 13.1. The smallest absolute Gasteiger partial charge is 0.404 e. The van der Waals surface area contributed by atoms with Crippen molar-refractivity contribution in [2.75, 3.05) is 0 Å². The Balaban J connectivity index is 2.21. The van der Waals surface area contributed by atoms with Gasteiger partial charge in [-0.25, -0.2) is 17.6 Å². The molecule has 1 atom stereocenters. The van der Waals surface area contributed by atoms with Crippen LogP contribution in [0.25, 0.3) is 11.1 Å². The molecule has 1 aromatic heterocycles. The highest BCUT2D eigenvalue weighted by Gasteiger charge is 2.31. The molecule has 2 N–H and O–H groups in total. The van der Waals surface area contributed by atoms with E-state index in [4.69, 9.17) is 0 Å². The lowest BCUT2D eigenvalue weighted by molar-refractivity contribution is 0.111. The van der Waals surface area contributed by atoms with Crippen molar-refractivity contribution in [2.24, 2.45) is 5.41 Å². The van der Waals surface area contributed by atoms with Crippen LogP contribution in [-0.4, -0.2) is 31.9 Å². The third-order valence-electron chi connectivity index (χ3n) is 5.24. The average Bonchev–Trinajstić information content (AvgIpc) is 3.17. The number of sulfone groups is 1. The maximum absolute atomic E-state index is 15.1. The van der Waals surface area contributed by atoms with E-state index in [0.29, 0.717) is 11.2 Å². The van der Waals surface area contributed by atoms with Gasteiger partial charge in [-0.05, 0) is 29.7 Å². The van der Waals surface area contributed by atoms with Crippen molar-refractivity contribution in [3.63, 3.8) is 0 Å². The van der Waals surface area contributed by atoms with Gasteiger partial charge in [-0.2, -0.15) is 0 Å². The van der Waals surface area contributed by atoms with Crippen LogP contribution < -0.4 is 5.32 Å². The van der Waals surface area contributed by atoms with Gasteiger partial charge in [-0.15, -0.1) is 11.3 Å². The largest absolute Gasteiger partial charge is 0.465 e. The number of carbonyl (C=O) groups excluding carboxylic acids is 1. The minimum atomic E-state index is -4.00. The summed E-state index contributed by atoms with van der Waals surface area (Å²) < 4.78 is 41.9. The van der Waals surface area contributed by atoms with Crippen molar-refractivity contribution in [3.8, 4) is 11.1 Å². The molecule has 6 nitrogen and oxygen atoms in total. The summed E-state index contributed by atoms with van der Waals surface area (Å²) in [4.78, 5) is 23.2. The number of carbonyl (C=O) groups is 2. The van der Waals surface area contributed by atoms with Crippen molar-refractivity contribution in [3.05, 3.63) is 70.9 Å². The first-order chi connectivity index (χ1) is 15.4. The Morgan fingerprint density at radius 1 is 1.12 bits per heavy atom. The van der Waals surface area contributed by atoms with Crippen molar-refractivity contribution >= 4 is 33.6 Å². The molecule has 3 rings (SSSR count). The summed E-state index contributed by atoms with van der Waals surface area (Å²) in [6.45, 7) is 5.62. The molecule has 174 valence electrons. The third kappa shape index (κ3) is 5.31. The summed E-state index contributed by atoms with van der Waals surface area (Å²) in [5, 5.41) is 11.7. The Morgan fingerprint density at radius 3 is 2.36 bits per heavy atom. The molecule has 2 aromatic carbocycles. The molecule has 1 heterocycles. The summed E-state index contributed by atoms with van der Waals surface area (Å²) in [6.07, 6.45) is -0.593. The highest BCUT2D eigenvalue weighted by Crippen LogP contribution is 2.41. The van der Waals surface area contributed by atoms with Gasteiger partial charge < -0.3 is 10.4 Å². The van der Waals surface area contributed by atoms with Crippen LogP contribution in [0.5, 0.6) is 0 Å². The van der Waals surface area contributed by atoms with Crippen LogP contribution in [0.3, 0.4) is 0 Å². The van der Waals surface area contributed by atoms with E-state index in [1.165, 1.54) is 30.3 Å². The van der Waals surface area contributed by atoms with Crippen LogP contribution in [0.15, 0.2) is 63.7 Å². The minimum Gasteiger partial charge on any atom is -0.465 e. The molecule has 0 fully saturated rings. The maximum Gasteiger partial charge on any atom is 0.404 e. The van der Waals surface area contributed by atoms with E-state index in [1.807, 2.05) is 20.8 Å². The Labute approximate surface area is 196 Å². The normalized spacial score (nSPS) is 12.8. The first-order valence-electron chi connectivity index (χ1n) is 10.1. The summed E-state index contributed by atoms with van der Waals surface area (Å²) in [5.41, 5.74) is -0.495. The number of nitrogens with one attached hydrogen (secondary N) is 1. The molecule has 0 aliphatic rings. The van der Waals surface area contributed by atoms with Crippen LogP contribution in [0, 0.1) is 11.2 Å². The van der Waals surface area contributed by atoms with E-state index >= 15 is 4.39 Å². The SMILES string of the molecule is CC(C)(C)C(Cc1cc(-c2cccc(C=O)c2F)c(S(=O)(=O)c2ccccc2)s1)NC(=O)O. The van der Waals surface area contributed by atoms with Crippen molar-refractivity contribution in [2.45, 2.75) is 42.3 Å². The van der Waals surface area contributed by atoms with E-state index < -0.39 is 33.2 Å². The number of halogens is 1. The molecule has 33 heavy (non-hydrogen) atoms. The molecule has 0 bridgehead atoms. The van der Waals surface area contributed by atoms with Gasteiger partial charge in [0.2, 0.25) is 9.84 Å². The number of aldehydes is 1. The van der Waals surface area contributed by atoms with E-state index in [0.717, 1.165) is 11.3 Å². The Morgan fingerprint density at radius 2 is 1.79 bits per heavy atom. The quantitative estimate of drug-likeness (QED) is 0.432. The van der Waals surface area contributed by atoms with Crippen LogP contribution in [0.4, 0.5) is 9.18 Å². The molecule has 0 spiro atoms. The van der Waals surface area contributed by atoms with Crippen molar-refractivity contribution in [1.29, 1.82) is 0 Å². The number of rotatable bonds is 7. The van der Waals surface area contributed by atoms with E-state index in [9.17, 15) is 23.1 Å². The molecule has 0 saturated heterocycles. The lowest BCUT2D eigenvalue weighted by atomic mass is 9.84. The second-order valence-corrected chi connectivity index (χ2v) is 11.9. The van der Waals surface area contributed by atoms with Gasteiger partial charge in [-0.3, -0.25) is 4.79 Å². The molecule has 0 saturated carbocycles. The maximum atomic E-state index is 15.1. The lowest BCUT2D eigenvalue weighted by Crippen LogP contribution is -2.44. The fourth-order valence-corrected chi connectivity index (χ4v) is 6.57. The molecular formula is C24H24FNO5S2. The second-order valence-electron chi connectivity index (χ2n) is 8.63. The average molecular weight is 490 g/mol. The predicted octanol–water partition coefficient (Wildman–Crippen LogP) is 5.42. The fraction of sp³-hybridized carbons (Fsp3) is 0.250. The Hall–Kier alpha value is -3.04. The van der Waals surface area contributed by atoms with Crippen LogP contribution in [-0.2, 0) is 16.3 Å². The number of amides is 1. The molecule has 0 aliphatic carbocycles. The van der Waals surface area contributed by atoms with Gasteiger partial charge in [0.25, 0.3) is 0 Å². The molecule has 0 aliphatic heterocycles. The minimum absolute atomic E-state index is 0.00453. The summed E-state index contributed by atoms with van der Waals surface area (Å²) in [5.74, 6) is -0.808. The van der Waals surface area contributed by atoms with Crippen LogP contribution >= 0.6 is 11.3 Å². The monoisotopic (exact) mass is 489 g/mol. The second kappa shape index (κ2) is 9.44. The number of thiophene rings is 1. The molecule has 3 aromatic rings.